The Morgan fingerprint density at radius 2 is 1.37 bits per heavy atom. The molecule has 8 heteroatoms. The highest BCUT2D eigenvalue weighted by molar-refractivity contribution is 7.89. The van der Waals surface area contributed by atoms with Gasteiger partial charge in [0.1, 0.15) is 6.04 Å². The summed E-state index contributed by atoms with van der Waals surface area (Å²) in [7, 11) is -3.81. The maximum absolute atomic E-state index is 13.5. The van der Waals surface area contributed by atoms with E-state index >= 15 is 0 Å². The molecule has 0 aromatic heterocycles. The predicted octanol–water partition coefficient (Wildman–Crippen LogP) is 4.90. The van der Waals surface area contributed by atoms with Crippen LogP contribution in [-0.4, -0.2) is 31.8 Å². The molecule has 0 aliphatic carbocycles. The maximum Gasteiger partial charge on any atom is 0.251 e. The fourth-order valence-corrected chi connectivity index (χ4v) is 5.83. The highest BCUT2D eigenvalue weighted by Gasteiger charge is 2.26. The van der Waals surface area contributed by atoms with Gasteiger partial charge in [-0.15, -0.1) is 0 Å². The molecule has 38 heavy (non-hydrogen) atoms. The number of carbonyl (C=O) groups excluding carboxylic acids is 2. The first-order valence-electron chi connectivity index (χ1n) is 12.3. The number of nitrogens with one attached hydrogen (secondary N) is 3. The largest absolute Gasteiger partial charge is 0.340 e. The number of hydrogen-bond donors (Lipinski definition) is 3. The number of amides is 2. The van der Waals surface area contributed by atoms with Crippen molar-refractivity contribution in [1.29, 1.82) is 0 Å². The topological polar surface area (TPSA) is 104 Å². The molecule has 7 nitrogen and oxygen atoms in total. The molecule has 0 spiro atoms. The van der Waals surface area contributed by atoms with E-state index in [9.17, 15) is 18.0 Å². The molecule has 0 radical (unpaired) electrons. The summed E-state index contributed by atoms with van der Waals surface area (Å²) < 4.78 is 28.9. The van der Waals surface area contributed by atoms with Crippen LogP contribution in [0.1, 0.15) is 36.7 Å². The van der Waals surface area contributed by atoms with Crippen molar-refractivity contribution < 1.29 is 18.0 Å². The zero-order chi connectivity index (χ0) is 27.3. The Kier molecular flexibility index (Phi) is 7.94. The minimum absolute atomic E-state index is 0.124. The second kappa shape index (κ2) is 11.2. The van der Waals surface area contributed by atoms with Gasteiger partial charge in [0.15, 0.2) is 0 Å². The Labute approximate surface area is 223 Å². The summed E-state index contributed by atoms with van der Waals surface area (Å²) in [6.07, 6.45) is 0.283. The molecular weight excluding hydrogens is 498 g/mol. The summed E-state index contributed by atoms with van der Waals surface area (Å²) in [6, 6.07) is 27.3. The molecule has 1 atom stereocenters. The zero-order valence-corrected chi connectivity index (χ0v) is 22.4. The quantitative estimate of drug-likeness (QED) is 0.302. The smallest absolute Gasteiger partial charge is 0.251 e. The van der Waals surface area contributed by atoms with Crippen molar-refractivity contribution in [2.45, 2.75) is 43.7 Å². The Morgan fingerprint density at radius 3 is 2.03 bits per heavy atom. The van der Waals surface area contributed by atoms with Crippen molar-refractivity contribution in [3.05, 3.63) is 108 Å². The average Bonchev–Trinajstić information content (AvgIpc) is 2.88. The van der Waals surface area contributed by atoms with E-state index in [0.717, 1.165) is 5.56 Å². The number of hydrogen-bond acceptors (Lipinski definition) is 4. The lowest BCUT2D eigenvalue weighted by Crippen LogP contribution is -2.45. The van der Waals surface area contributed by atoms with Gasteiger partial charge >= 0.3 is 0 Å². The second-order valence-electron chi connectivity index (χ2n) is 10.1. The minimum atomic E-state index is -3.81. The molecule has 0 heterocycles. The average molecular weight is 530 g/mol. The third kappa shape index (κ3) is 6.65. The summed E-state index contributed by atoms with van der Waals surface area (Å²) in [5.41, 5.74) is 1.13. The summed E-state index contributed by atoms with van der Waals surface area (Å²) in [5, 5.41) is 6.83. The fourth-order valence-electron chi connectivity index (χ4n) is 4.19. The molecule has 3 N–H and O–H groups in total. The molecule has 196 valence electrons. The van der Waals surface area contributed by atoms with Crippen LogP contribution >= 0.6 is 0 Å². The van der Waals surface area contributed by atoms with Gasteiger partial charge in [-0.05, 0) is 50.6 Å². The first kappa shape index (κ1) is 27.0. The van der Waals surface area contributed by atoms with Crippen molar-refractivity contribution in [1.82, 2.24) is 10.0 Å². The van der Waals surface area contributed by atoms with E-state index in [1.54, 1.807) is 81.4 Å². The van der Waals surface area contributed by atoms with Crippen LogP contribution in [0.5, 0.6) is 0 Å². The zero-order valence-electron chi connectivity index (χ0n) is 21.6. The van der Waals surface area contributed by atoms with Gasteiger partial charge in [0.2, 0.25) is 15.9 Å². The Bertz CT molecular complexity index is 1550. The first-order valence-corrected chi connectivity index (χ1v) is 13.8. The monoisotopic (exact) mass is 529 g/mol. The van der Waals surface area contributed by atoms with E-state index in [4.69, 9.17) is 0 Å². The van der Waals surface area contributed by atoms with Gasteiger partial charge in [0.25, 0.3) is 5.91 Å². The standard InChI is InChI=1S/C30H31N3O4S/c1-30(2,3)33-38(36,37)27-19-11-16-23-24(27)17-10-18-25(23)31-29(35)26(20-21-12-6-4-7-13-21)32-28(34)22-14-8-5-9-15-22/h4-19,26,33H,20H2,1-3H3,(H,31,35)(H,32,34)/t26-/m0/s1. The van der Waals surface area contributed by atoms with Crippen LogP contribution in [0.2, 0.25) is 0 Å². The number of benzene rings is 4. The molecule has 4 aromatic carbocycles. The Hall–Kier alpha value is -4.01. The van der Waals surface area contributed by atoms with Crippen LogP contribution in [0.15, 0.2) is 102 Å². The molecule has 0 saturated carbocycles. The summed E-state index contributed by atoms with van der Waals surface area (Å²) in [5.74, 6) is -0.770. The van der Waals surface area contributed by atoms with Gasteiger partial charge in [0, 0.05) is 34.0 Å². The SMILES string of the molecule is CC(C)(C)NS(=O)(=O)c1cccc2c(NC(=O)[C@H](Cc3ccccc3)NC(=O)c3ccccc3)cccc12. The van der Waals surface area contributed by atoms with Crippen molar-refractivity contribution in [3.8, 4) is 0 Å². The molecule has 0 aliphatic heterocycles. The third-order valence-electron chi connectivity index (χ3n) is 5.81. The van der Waals surface area contributed by atoms with E-state index in [0.29, 0.717) is 22.0 Å². The maximum atomic E-state index is 13.5. The summed E-state index contributed by atoms with van der Waals surface area (Å²) in [6.45, 7) is 5.33. The molecular formula is C30H31N3O4S. The molecule has 0 aliphatic rings. The first-order chi connectivity index (χ1) is 18.0. The van der Waals surface area contributed by atoms with Gasteiger partial charge in [-0.2, -0.15) is 0 Å². The van der Waals surface area contributed by atoms with Crippen LogP contribution in [0, 0.1) is 0 Å². The van der Waals surface area contributed by atoms with Crippen LogP contribution in [0.25, 0.3) is 10.8 Å². The molecule has 0 unspecified atom stereocenters. The highest BCUT2D eigenvalue weighted by Crippen LogP contribution is 2.29. The molecule has 4 rings (SSSR count). The lowest BCUT2D eigenvalue weighted by Gasteiger charge is -2.22. The predicted molar refractivity (Wildman–Crippen MR) is 150 cm³/mol. The summed E-state index contributed by atoms with van der Waals surface area (Å²) in [4.78, 5) is 26.6. The van der Waals surface area contributed by atoms with E-state index in [1.165, 1.54) is 0 Å². The van der Waals surface area contributed by atoms with Crippen molar-refractivity contribution in [2.24, 2.45) is 0 Å². The van der Waals surface area contributed by atoms with Crippen molar-refractivity contribution in [3.63, 3.8) is 0 Å². The Morgan fingerprint density at radius 1 is 0.763 bits per heavy atom. The van der Waals surface area contributed by atoms with E-state index in [1.807, 2.05) is 36.4 Å². The second-order valence-corrected chi connectivity index (χ2v) is 11.7. The van der Waals surface area contributed by atoms with Crippen LogP contribution in [0.4, 0.5) is 5.69 Å². The number of carbonyl (C=O) groups is 2. The van der Waals surface area contributed by atoms with Gasteiger partial charge in [0.05, 0.1) is 4.90 Å². The number of fused-ring (bicyclic) bond motifs is 1. The van der Waals surface area contributed by atoms with E-state index < -0.39 is 27.5 Å². The minimum Gasteiger partial charge on any atom is -0.340 e. The third-order valence-corrected chi connectivity index (χ3v) is 7.63. The lowest BCUT2D eigenvalue weighted by molar-refractivity contribution is -0.118. The number of anilines is 1. The molecule has 0 fully saturated rings. The molecule has 0 bridgehead atoms. The van der Waals surface area contributed by atoms with Gasteiger partial charge in [-0.1, -0.05) is 72.8 Å². The van der Waals surface area contributed by atoms with Crippen molar-refractivity contribution >= 4 is 38.3 Å². The molecule has 4 aromatic rings. The van der Waals surface area contributed by atoms with Gasteiger partial charge < -0.3 is 10.6 Å². The van der Waals surface area contributed by atoms with E-state index in [2.05, 4.69) is 15.4 Å². The van der Waals surface area contributed by atoms with Crippen molar-refractivity contribution in [2.75, 3.05) is 5.32 Å². The highest BCUT2D eigenvalue weighted by atomic mass is 32.2. The van der Waals surface area contributed by atoms with Gasteiger partial charge in [-0.25, -0.2) is 13.1 Å². The van der Waals surface area contributed by atoms with Crippen LogP contribution < -0.4 is 15.4 Å². The normalized spacial score (nSPS) is 12.6. The summed E-state index contributed by atoms with van der Waals surface area (Å²) >= 11 is 0. The van der Waals surface area contributed by atoms with E-state index in [-0.39, 0.29) is 17.2 Å². The molecule has 2 amide bonds. The number of sulfonamides is 1. The lowest BCUT2D eigenvalue weighted by atomic mass is 10.0. The van der Waals surface area contributed by atoms with Crippen LogP contribution in [0.3, 0.4) is 0 Å². The number of rotatable bonds is 8. The fraction of sp³-hybridized carbons (Fsp3) is 0.200. The van der Waals surface area contributed by atoms with Crippen LogP contribution in [-0.2, 0) is 21.2 Å². The molecule has 0 saturated heterocycles. The van der Waals surface area contributed by atoms with Gasteiger partial charge in [-0.3, -0.25) is 9.59 Å². The Balaban J connectivity index is 1.66.